The Hall–Kier alpha value is -3.92. The van der Waals surface area contributed by atoms with Crippen LogP contribution >= 0.6 is 0 Å². The maximum Gasteiger partial charge on any atom is 0.263 e. The second-order valence-electron chi connectivity index (χ2n) is 8.71. The van der Waals surface area contributed by atoms with Crippen molar-refractivity contribution in [1.82, 2.24) is 4.72 Å². The van der Waals surface area contributed by atoms with E-state index in [9.17, 15) is 13.2 Å². The molecule has 0 radical (unpaired) electrons. The van der Waals surface area contributed by atoms with Gasteiger partial charge >= 0.3 is 0 Å². The fourth-order valence-electron chi connectivity index (χ4n) is 4.29. The van der Waals surface area contributed by atoms with Crippen molar-refractivity contribution in [2.75, 3.05) is 17.7 Å². The minimum absolute atomic E-state index is 0.0155. The molecule has 1 saturated carbocycles. The fraction of sp³-hybridized carbons (Fsp3) is 0.240. The van der Waals surface area contributed by atoms with E-state index < -0.39 is 15.6 Å². The van der Waals surface area contributed by atoms with Crippen molar-refractivity contribution in [3.8, 4) is 0 Å². The van der Waals surface area contributed by atoms with E-state index in [1.54, 1.807) is 55.6 Å². The van der Waals surface area contributed by atoms with Crippen LogP contribution in [0.1, 0.15) is 12.5 Å². The van der Waals surface area contributed by atoms with Gasteiger partial charge in [0.2, 0.25) is 5.91 Å². The fourth-order valence-corrected chi connectivity index (χ4v) is 5.31. The number of aryl methyl sites for hydroxylation is 1. The van der Waals surface area contributed by atoms with Gasteiger partial charge < -0.3 is 15.4 Å². The standard InChI is InChI=1S/C25H25N5O4S/c1-15-4-11-20(12-5-15)35(32,33)30-24-23(27-18-8-6-17(7-9-18)26-16(2)31)29-25-14-19(34-3)10-13-21(25)22(25)28-24/h4-14,21-22H,1-3H3,(H,26,31)(H,27,29)(H,28,30). The number of anilines is 2. The number of carbonyl (C=O) groups is 1. The number of hydrogen-bond acceptors (Lipinski definition) is 7. The van der Waals surface area contributed by atoms with Crippen molar-refractivity contribution < 1.29 is 17.9 Å². The molecule has 3 aliphatic rings. The molecule has 3 atom stereocenters. The number of amides is 1. The first kappa shape index (κ1) is 22.9. The highest BCUT2D eigenvalue weighted by Gasteiger charge is 2.66. The van der Waals surface area contributed by atoms with E-state index in [-0.39, 0.29) is 28.6 Å². The monoisotopic (exact) mass is 491 g/mol. The molecule has 1 aliphatic heterocycles. The van der Waals surface area contributed by atoms with Crippen LogP contribution in [0.3, 0.4) is 0 Å². The Balaban J connectivity index is 1.47. The van der Waals surface area contributed by atoms with Gasteiger partial charge in [-0.05, 0) is 55.5 Å². The van der Waals surface area contributed by atoms with Crippen molar-refractivity contribution in [3.05, 3.63) is 78.1 Å². The van der Waals surface area contributed by atoms with Crippen LogP contribution in [-0.4, -0.2) is 44.7 Å². The van der Waals surface area contributed by atoms with Crippen molar-refractivity contribution in [2.24, 2.45) is 15.9 Å². The molecule has 3 N–H and O–H groups in total. The third-order valence-electron chi connectivity index (χ3n) is 6.14. The lowest BCUT2D eigenvalue weighted by Gasteiger charge is -2.21. The molecule has 35 heavy (non-hydrogen) atoms. The Morgan fingerprint density at radius 1 is 1.03 bits per heavy atom. The first-order chi connectivity index (χ1) is 16.7. The van der Waals surface area contributed by atoms with E-state index in [1.807, 2.05) is 25.2 Å². The average Bonchev–Trinajstić information content (AvgIpc) is 3.46. The summed E-state index contributed by atoms with van der Waals surface area (Å²) >= 11 is 0. The van der Waals surface area contributed by atoms with Crippen molar-refractivity contribution in [2.45, 2.75) is 30.3 Å². The summed E-state index contributed by atoms with van der Waals surface area (Å²) in [6, 6.07) is 13.4. The second kappa shape index (κ2) is 8.38. The number of benzene rings is 2. The third kappa shape index (κ3) is 4.32. The Morgan fingerprint density at radius 3 is 2.37 bits per heavy atom. The predicted octanol–water partition coefficient (Wildman–Crippen LogP) is 2.99. The summed E-state index contributed by atoms with van der Waals surface area (Å²) in [4.78, 5) is 21.1. The number of methoxy groups -OCH3 is 1. The van der Waals surface area contributed by atoms with Gasteiger partial charge in [-0.2, -0.15) is 0 Å². The van der Waals surface area contributed by atoms with Crippen molar-refractivity contribution in [1.29, 1.82) is 0 Å². The van der Waals surface area contributed by atoms with Crippen LogP contribution in [0.15, 0.2) is 87.4 Å². The minimum atomic E-state index is -3.88. The molecule has 3 unspecified atom stereocenters. The number of aliphatic imine (C=N–C) groups is 2. The summed E-state index contributed by atoms with van der Waals surface area (Å²) in [6.45, 7) is 3.33. The molecule has 2 aromatic carbocycles. The molecule has 1 amide bonds. The number of nitrogens with zero attached hydrogens (tertiary/aromatic N) is 2. The van der Waals surface area contributed by atoms with Crippen LogP contribution < -0.4 is 15.4 Å². The van der Waals surface area contributed by atoms with Crippen LogP contribution in [0.25, 0.3) is 0 Å². The second-order valence-corrected chi connectivity index (χ2v) is 10.4. The van der Waals surface area contributed by atoms with Crippen LogP contribution in [0.2, 0.25) is 0 Å². The number of fused-ring (bicyclic) bond motifs is 1. The number of sulfonamides is 1. The largest absolute Gasteiger partial charge is 0.497 e. The molecule has 9 nitrogen and oxygen atoms in total. The van der Waals surface area contributed by atoms with Crippen LogP contribution in [-0.2, 0) is 19.6 Å². The number of amidine groups is 2. The molecular formula is C25H25N5O4S. The number of allylic oxidation sites excluding steroid dienone is 1. The number of carbonyl (C=O) groups excluding carboxylic acids is 1. The van der Waals surface area contributed by atoms with E-state index in [1.165, 1.54) is 6.92 Å². The first-order valence-electron chi connectivity index (χ1n) is 11.1. The van der Waals surface area contributed by atoms with Gasteiger partial charge in [0.15, 0.2) is 11.7 Å². The van der Waals surface area contributed by atoms with E-state index in [0.717, 1.165) is 5.56 Å². The average molecular weight is 492 g/mol. The summed E-state index contributed by atoms with van der Waals surface area (Å²) in [5.74, 6) is 0.974. The molecule has 1 heterocycles. The molecule has 0 saturated heterocycles. The topological polar surface area (TPSA) is 121 Å². The quantitative estimate of drug-likeness (QED) is 0.594. The van der Waals surface area contributed by atoms with Crippen molar-refractivity contribution >= 4 is 39.0 Å². The van der Waals surface area contributed by atoms with E-state index in [4.69, 9.17) is 14.7 Å². The molecular weight excluding hydrogens is 466 g/mol. The summed E-state index contributed by atoms with van der Waals surface area (Å²) in [7, 11) is -2.29. The van der Waals surface area contributed by atoms with Gasteiger partial charge in [-0.3, -0.25) is 19.5 Å². The van der Waals surface area contributed by atoms with E-state index >= 15 is 0 Å². The number of rotatable bonds is 5. The highest BCUT2D eigenvalue weighted by molar-refractivity contribution is 7.90. The molecule has 10 heteroatoms. The zero-order chi connectivity index (χ0) is 24.8. The number of nitrogens with one attached hydrogen (secondary N) is 3. The van der Waals surface area contributed by atoms with E-state index in [2.05, 4.69) is 15.4 Å². The molecule has 180 valence electrons. The Morgan fingerprint density at radius 2 is 1.71 bits per heavy atom. The maximum absolute atomic E-state index is 13.1. The summed E-state index contributed by atoms with van der Waals surface area (Å²) < 4.78 is 34.3. The van der Waals surface area contributed by atoms with Crippen LogP contribution in [0.5, 0.6) is 0 Å². The smallest absolute Gasteiger partial charge is 0.263 e. The highest BCUT2D eigenvalue weighted by Crippen LogP contribution is 2.56. The van der Waals surface area contributed by atoms with Gasteiger partial charge in [0.05, 0.1) is 18.0 Å². The normalized spacial score (nSPS) is 24.1. The number of hydrogen-bond donors (Lipinski definition) is 3. The lowest BCUT2D eigenvalue weighted by Crippen LogP contribution is -2.43. The SMILES string of the molecule is COC1=CC23N=C(Nc4ccc(NC(C)=O)cc4)C(NS(=O)(=O)c4ccc(C)cc4)=NC2C3C=C1. The van der Waals surface area contributed by atoms with Crippen molar-refractivity contribution in [3.63, 3.8) is 0 Å². The molecule has 1 spiro atoms. The Bertz CT molecular complexity index is 1410. The third-order valence-corrected chi connectivity index (χ3v) is 7.50. The lowest BCUT2D eigenvalue weighted by atomic mass is 10.1. The summed E-state index contributed by atoms with van der Waals surface area (Å²) in [5, 5.41) is 5.91. The minimum Gasteiger partial charge on any atom is -0.497 e. The summed E-state index contributed by atoms with van der Waals surface area (Å²) in [6.07, 6.45) is 5.80. The number of ether oxygens (including phenoxy) is 1. The molecule has 2 aromatic rings. The van der Waals surface area contributed by atoms with Gasteiger partial charge in [0.25, 0.3) is 10.0 Å². The van der Waals surface area contributed by atoms with Crippen LogP contribution in [0, 0.1) is 12.8 Å². The van der Waals surface area contributed by atoms with Crippen LogP contribution in [0.4, 0.5) is 11.4 Å². The zero-order valence-corrected chi connectivity index (χ0v) is 20.3. The lowest BCUT2D eigenvalue weighted by molar-refractivity contribution is -0.114. The summed E-state index contributed by atoms with van der Waals surface area (Å²) in [5.41, 5.74) is 1.65. The molecule has 1 fully saturated rings. The molecule has 0 aromatic heterocycles. The zero-order valence-electron chi connectivity index (χ0n) is 19.4. The van der Waals surface area contributed by atoms with Gasteiger partial charge in [0, 0.05) is 24.2 Å². The maximum atomic E-state index is 13.1. The van der Waals surface area contributed by atoms with Gasteiger partial charge in [-0.25, -0.2) is 8.42 Å². The van der Waals surface area contributed by atoms with E-state index in [0.29, 0.717) is 23.0 Å². The molecule has 5 rings (SSSR count). The molecule has 2 aliphatic carbocycles. The Labute approximate surface area is 203 Å². The van der Waals surface area contributed by atoms with Gasteiger partial charge in [-0.1, -0.05) is 23.8 Å². The highest BCUT2D eigenvalue weighted by atomic mass is 32.2. The predicted molar refractivity (Wildman–Crippen MR) is 135 cm³/mol. The first-order valence-corrected chi connectivity index (χ1v) is 12.6. The Kier molecular flexibility index (Phi) is 5.47. The van der Waals surface area contributed by atoms with Gasteiger partial charge in [0.1, 0.15) is 11.3 Å². The van der Waals surface area contributed by atoms with Gasteiger partial charge in [-0.15, -0.1) is 0 Å². The molecule has 0 bridgehead atoms.